The topological polar surface area (TPSA) is 49.6 Å². The number of nitrogens with two attached hydrogens (primary N) is 1. The van der Waals surface area contributed by atoms with Crippen molar-refractivity contribution in [3.05, 3.63) is 0 Å². The van der Waals surface area contributed by atoms with Crippen molar-refractivity contribution >= 4 is 5.91 Å². The Morgan fingerprint density at radius 3 is 2.58 bits per heavy atom. The second-order valence-corrected chi connectivity index (χ2v) is 5.57. The van der Waals surface area contributed by atoms with Crippen molar-refractivity contribution in [1.82, 2.24) is 9.80 Å². The quantitative estimate of drug-likeness (QED) is 0.765. The average Bonchev–Trinajstić information content (AvgIpc) is 2.46. The first-order chi connectivity index (χ1) is 9.15. The predicted molar refractivity (Wildman–Crippen MR) is 80.0 cm³/mol. The normalized spacial score (nSPS) is 22.2. The van der Waals surface area contributed by atoms with Crippen LogP contribution in [-0.4, -0.2) is 54.5 Å². The van der Waals surface area contributed by atoms with Gasteiger partial charge in [0.15, 0.2) is 0 Å². The van der Waals surface area contributed by atoms with Crippen LogP contribution in [0, 0.1) is 5.92 Å². The molecule has 0 radical (unpaired) electrons. The predicted octanol–water partition coefficient (Wildman–Crippen LogP) is 1.69. The van der Waals surface area contributed by atoms with Gasteiger partial charge >= 0.3 is 0 Å². The fourth-order valence-electron chi connectivity index (χ4n) is 3.03. The highest BCUT2D eigenvalue weighted by molar-refractivity contribution is 5.76. The molecule has 0 bridgehead atoms. The van der Waals surface area contributed by atoms with Gasteiger partial charge in [-0.05, 0) is 39.2 Å². The number of likely N-dealkylation sites (tertiary alicyclic amines) is 1. The highest BCUT2D eigenvalue weighted by Gasteiger charge is 2.26. The fourth-order valence-corrected chi connectivity index (χ4v) is 3.03. The molecule has 19 heavy (non-hydrogen) atoms. The van der Waals surface area contributed by atoms with Crippen LogP contribution in [0.3, 0.4) is 0 Å². The van der Waals surface area contributed by atoms with Crippen LogP contribution in [-0.2, 0) is 4.79 Å². The number of carbonyl (C=O) groups excluding carboxylic acids is 1. The monoisotopic (exact) mass is 269 g/mol. The summed E-state index contributed by atoms with van der Waals surface area (Å²) < 4.78 is 0. The molecule has 1 saturated heterocycles. The molecule has 0 aromatic rings. The second kappa shape index (κ2) is 8.54. The van der Waals surface area contributed by atoms with Crippen LogP contribution in [0.25, 0.3) is 0 Å². The van der Waals surface area contributed by atoms with Crippen LogP contribution in [0.4, 0.5) is 0 Å². The van der Waals surface area contributed by atoms with Crippen LogP contribution < -0.4 is 5.73 Å². The first-order valence-corrected chi connectivity index (χ1v) is 7.88. The van der Waals surface area contributed by atoms with Gasteiger partial charge in [-0.3, -0.25) is 9.69 Å². The minimum Gasteiger partial charge on any atom is -0.343 e. The van der Waals surface area contributed by atoms with Crippen LogP contribution in [0.5, 0.6) is 0 Å². The summed E-state index contributed by atoms with van der Waals surface area (Å²) in [6.07, 6.45) is 4.38. The van der Waals surface area contributed by atoms with E-state index in [1.165, 1.54) is 19.3 Å². The van der Waals surface area contributed by atoms with Crippen molar-refractivity contribution in [3.8, 4) is 0 Å². The summed E-state index contributed by atoms with van der Waals surface area (Å²) in [6.45, 7) is 10.7. The zero-order valence-corrected chi connectivity index (χ0v) is 12.9. The molecule has 2 atom stereocenters. The molecule has 0 aromatic heterocycles. The molecule has 2 N–H and O–H groups in total. The van der Waals surface area contributed by atoms with Gasteiger partial charge in [-0.25, -0.2) is 0 Å². The molecule has 0 aromatic carbocycles. The van der Waals surface area contributed by atoms with E-state index in [0.29, 0.717) is 13.0 Å². The molecular weight excluding hydrogens is 238 g/mol. The smallest absolute Gasteiger partial charge is 0.224 e. The van der Waals surface area contributed by atoms with Crippen molar-refractivity contribution in [1.29, 1.82) is 0 Å². The third-order valence-corrected chi connectivity index (χ3v) is 4.44. The molecule has 1 aliphatic rings. The Bertz CT molecular complexity index is 266. The number of carbonyl (C=O) groups is 1. The van der Waals surface area contributed by atoms with E-state index in [4.69, 9.17) is 5.73 Å². The van der Waals surface area contributed by atoms with Gasteiger partial charge in [-0.1, -0.05) is 13.3 Å². The molecular formula is C15H31N3O. The first-order valence-electron chi connectivity index (χ1n) is 7.88. The summed E-state index contributed by atoms with van der Waals surface area (Å²) >= 11 is 0. The van der Waals surface area contributed by atoms with Crippen LogP contribution >= 0.6 is 0 Å². The highest BCUT2D eigenvalue weighted by Crippen LogP contribution is 2.22. The van der Waals surface area contributed by atoms with E-state index in [9.17, 15) is 4.79 Å². The molecule has 0 aliphatic carbocycles. The first kappa shape index (κ1) is 16.4. The van der Waals surface area contributed by atoms with Crippen LogP contribution in [0.1, 0.15) is 46.5 Å². The number of amides is 1. The summed E-state index contributed by atoms with van der Waals surface area (Å²) in [6, 6.07) is 0.224. The lowest BCUT2D eigenvalue weighted by Gasteiger charge is -2.38. The number of rotatable bonds is 7. The Morgan fingerprint density at radius 1 is 1.37 bits per heavy atom. The van der Waals surface area contributed by atoms with Gasteiger partial charge < -0.3 is 10.6 Å². The summed E-state index contributed by atoms with van der Waals surface area (Å²) in [7, 11) is 0. The van der Waals surface area contributed by atoms with Crippen LogP contribution in [0.15, 0.2) is 0 Å². The lowest BCUT2D eigenvalue weighted by Crippen LogP contribution is -2.48. The van der Waals surface area contributed by atoms with Gasteiger partial charge in [0.25, 0.3) is 0 Å². The Hall–Kier alpha value is -0.610. The summed E-state index contributed by atoms with van der Waals surface area (Å²) in [5.41, 5.74) is 5.91. The Kier molecular flexibility index (Phi) is 7.39. The number of hydrogen-bond donors (Lipinski definition) is 1. The molecule has 1 fully saturated rings. The molecule has 1 amide bonds. The maximum absolute atomic E-state index is 12.2. The molecule has 0 saturated carbocycles. The summed E-state index contributed by atoms with van der Waals surface area (Å²) in [5, 5.41) is 0. The van der Waals surface area contributed by atoms with Crippen LogP contribution in [0.2, 0.25) is 0 Å². The van der Waals surface area contributed by atoms with E-state index in [1.807, 2.05) is 18.7 Å². The largest absolute Gasteiger partial charge is 0.343 e. The minimum atomic E-state index is 0.224. The van der Waals surface area contributed by atoms with E-state index in [-0.39, 0.29) is 11.9 Å². The zero-order chi connectivity index (χ0) is 14.3. The van der Waals surface area contributed by atoms with Gasteiger partial charge in [0.1, 0.15) is 0 Å². The molecule has 1 aliphatic heterocycles. The third kappa shape index (κ3) is 4.77. The average molecular weight is 269 g/mol. The maximum atomic E-state index is 12.2. The highest BCUT2D eigenvalue weighted by atomic mass is 16.2. The van der Waals surface area contributed by atoms with Gasteiger partial charge in [-0.2, -0.15) is 0 Å². The van der Waals surface area contributed by atoms with Crippen molar-refractivity contribution in [2.24, 2.45) is 11.7 Å². The van der Waals surface area contributed by atoms with E-state index in [0.717, 1.165) is 32.1 Å². The van der Waals surface area contributed by atoms with Crippen molar-refractivity contribution in [2.75, 3.05) is 32.7 Å². The van der Waals surface area contributed by atoms with E-state index in [1.54, 1.807) is 0 Å². The minimum absolute atomic E-state index is 0.224. The Balaban J connectivity index is 2.54. The summed E-state index contributed by atoms with van der Waals surface area (Å²) in [4.78, 5) is 16.6. The van der Waals surface area contributed by atoms with E-state index < -0.39 is 0 Å². The Labute approximate surface area is 118 Å². The molecule has 1 rings (SSSR count). The Morgan fingerprint density at radius 2 is 2.05 bits per heavy atom. The molecule has 112 valence electrons. The van der Waals surface area contributed by atoms with E-state index in [2.05, 4.69) is 11.8 Å². The van der Waals surface area contributed by atoms with Crippen molar-refractivity contribution in [2.45, 2.75) is 52.5 Å². The number of hydrogen-bond acceptors (Lipinski definition) is 3. The van der Waals surface area contributed by atoms with Crippen molar-refractivity contribution < 1.29 is 4.79 Å². The lowest BCUT2D eigenvalue weighted by molar-refractivity contribution is -0.132. The fraction of sp³-hybridized carbons (Fsp3) is 0.933. The number of piperidine rings is 1. The SMILES string of the molecule is CCC1CCCN(C(CN)CC(=O)N(CC)CC)C1. The van der Waals surface area contributed by atoms with Gasteiger partial charge in [-0.15, -0.1) is 0 Å². The van der Waals surface area contributed by atoms with E-state index >= 15 is 0 Å². The maximum Gasteiger partial charge on any atom is 0.224 e. The van der Waals surface area contributed by atoms with Crippen molar-refractivity contribution in [3.63, 3.8) is 0 Å². The second-order valence-electron chi connectivity index (χ2n) is 5.57. The standard InChI is InChI=1S/C15H31N3O/c1-4-13-8-7-9-18(12-13)14(11-16)10-15(19)17(5-2)6-3/h13-14H,4-12,16H2,1-3H3. The third-order valence-electron chi connectivity index (χ3n) is 4.44. The van der Waals surface area contributed by atoms with Gasteiger partial charge in [0.2, 0.25) is 5.91 Å². The number of nitrogens with zero attached hydrogens (tertiary/aromatic N) is 2. The van der Waals surface area contributed by atoms with Gasteiger partial charge in [0, 0.05) is 38.6 Å². The van der Waals surface area contributed by atoms with Gasteiger partial charge in [0.05, 0.1) is 0 Å². The molecule has 0 spiro atoms. The molecule has 2 unspecified atom stereocenters. The molecule has 1 heterocycles. The summed E-state index contributed by atoms with van der Waals surface area (Å²) in [5.74, 6) is 1.03. The molecule has 4 heteroatoms. The lowest BCUT2D eigenvalue weighted by atomic mass is 9.94. The zero-order valence-electron chi connectivity index (χ0n) is 12.9. The molecule has 4 nitrogen and oxygen atoms in total.